The number of carbonyl (C=O) groups excluding carboxylic acids is 1. The molecule has 0 heterocycles. The van der Waals surface area contributed by atoms with E-state index in [1.807, 2.05) is 57.2 Å². The molecule has 1 amide bonds. The molecule has 0 radical (unpaired) electrons. The highest BCUT2D eigenvalue weighted by atomic mass is 16.6. The van der Waals surface area contributed by atoms with Gasteiger partial charge in [-0.2, -0.15) is 0 Å². The van der Waals surface area contributed by atoms with Crippen LogP contribution in [0.4, 0.5) is 4.79 Å². The zero-order valence-electron chi connectivity index (χ0n) is 22.4. The van der Waals surface area contributed by atoms with Crippen molar-refractivity contribution in [2.75, 3.05) is 0 Å². The van der Waals surface area contributed by atoms with Crippen LogP contribution in [0.1, 0.15) is 88.0 Å². The molecule has 3 aliphatic rings. The third-order valence-corrected chi connectivity index (χ3v) is 9.06. The van der Waals surface area contributed by atoms with Crippen LogP contribution in [0, 0.1) is 29.1 Å². The Kier molecular flexibility index (Phi) is 6.52. The quantitative estimate of drug-likeness (QED) is 0.438. The van der Waals surface area contributed by atoms with Gasteiger partial charge in [-0.05, 0) is 118 Å². The van der Waals surface area contributed by atoms with Gasteiger partial charge in [0.15, 0.2) is 0 Å². The number of phenolic OH excluding ortho intramolecular Hbond substituents is 1. The number of amides is 1. The molecule has 0 saturated heterocycles. The Balaban J connectivity index is 1.27. The van der Waals surface area contributed by atoms with Crippen molar-refractivity contribution in [3.05, 3.63) is 64.7 Å². The Bertz CT molecular complexity index is 1230. The van der Waals surface area contributed by atoms with Crippen molar-refractivity contribution in [3.63, 3.8) is 0 Å². The van der Waals surface area contributed by atoms with Gasteiger partial charge in [0, 0.05) is 17.5 Å². The van der Waals surface area contributed by atoms with Gasteiger partial charge in [-0.1, -0.05) is 37.0 Å². The zero-order valence-corrected chi connectivity index (χ0v) is 22.4. The molecule has 5 atom stereocenters. The van der Waals surface area contributed by atoms with E-state index in [0.717, 1.165) is 43.2 Å². The SMILES string of the molecule is CC(C)(C)OC(=O)NCc1ccc(C#C[C@]2(O)CC[C@H]3[C@@H]4CCc5cc(O)ccc5[C@H]4CC[C@@]32C)cc1. The van der Waals surface area contributed by atoms with Crippen LogP contribution >= 0.6 is 0 Å². The number of benzene rings is 2. The molecule has 5 heteroatoms. The van der Waals surface area contributed by atoms with Gasteiger partial charge >= 0.3 is 6.09 Å². The molecular formula is C32H39NO4. The van der Waals surface area contributed by atoms with Gasteiger partial charge in [0.1, 0.15) is 17.0 Å². The number of aromatic hydroxyl groups is 1. The van der Waals surface area contributed by atoms with E-state index in [9.17, 15) is 15.0 Å². The lowest BCUT2D eigenvalue weighted by Gasteiger charge is -2.52. The summed E-state index contributed by atoms with van der Waals surface area (Å²) in [5.74, 6) is 8.46. The molecule has 2 aromatic carbocycles. The molecule has 5 rings (SSSR count). The average molecular weight is 502 g/mol. The van der Waals surface area contributed by atoms with Crippen molar-refractivity contribution >= 4 is 6.09 Å². The summed E-state index contributed by atoms with van der Waals surface area (Å²) < 4.78 is 5.29. The Morgan fingerprint density at radius 1 is 1.11 bits per heavy atom. The highest BCUT2D eigenvalue weighted by molar-refractivity contribution is 5.67. The van der Waals surface area contributed by atoms with Crippen molar-refractivity contribution in [1.29, 1.82) is 0 Å². The number of hydrogen-bond donors (Lipinski definition) is 3. The van der Waals surface area contributed by atoms with E-state index in [4.69, 9.17) is 4.74 Å². The summed E-state index contributed by atoms with van der Waals surface area (Å²) in [6.07, 6.45) is 5.41. The number of aryl methyl sites for hydroxylation is 1. The molecule has 3 aliphatic carbocycles. The molecule has 0 spiro atoms. The predicted octanol–water partition coefficient (Wildman–Crippen LogP) is 6.06. The Hall–Kier alpha value is -2.97. The summed E-state index contributed by atoms with van der Waals surface area (Å²) >= 11 is 0. The number of nitrogens with one attached hydrogen (secondary N) is 1. The fourth-order valence-corrected chi connectivity index (χ4v) is 7.16. The van der Waals surface area contributed by atoms with Gasteiger partial charge in [0.05, 0.1) is 0 Å². The molecule has 37 heavy (non-hydrogen) atoms. The second kappa shape index (κ2) is 9.40. The highest BCUT2D eigenvalue weighted by Crippen LogP contribution is 2.64. The van der Waals surface area contributed by atoms with Crippen LogP contribution in [0.5, 0.6) is 5.75 Å². The smallest absolute Gasteiger partial charge is 0.407 e. The summed E-state index contributed by atoms with van der Waals surface area (Å²) in [6.45, 7) is 8.17. The van der Waals surface area contributed by atoms with E-state index in [1.165, 1.54) is 11.1 Å². The molecule has 0 unspecified atom stereocenters. The van der Waals surface area contributed by atoms with Crippen molar-refractivity contribution in [2.24, 2.45) is 17.3 Å². The minimum Gasteiger partial charge on any atom is -0.508 e. The van der Waals surface area contributed by atoms with E-state index in [2.05, 4.69) is 30.1 Å². The normalized spacial score (nSPS) is 30.2. The second-order valence-electron chi connectivity index (χ2n) is 12.5. The lowest BCUT2D eigenvalue weighted by atomic mass is 9.53. The Morgan fingerprint density at radius 2 is 1.86 bits per heavy atom. The van der Waals surface area contributed by atoms with Crippen molar-refractivity contribution in [2.45, 2.75) is 89.9 Å². The first-order chi connectivity index (χ1) is 17.5. The molecule has 196 valence electrons. The first-order valence-corrected chi connectivity index (χ1v) is 13.6. The molecule has 2 aromatic rings. The number of ether oxygens (including phenoxy) is 1. The summed E-state index contributed by atoms with van der Waals surface area (Å²) in [5.41, 5.74) is 2.79. The number of aliphatic hydroxyl groups is 1. The lowest BCUT2D eigenvalue weighted by molar-refractivity contribution is -0.0647. The standard InChI is InChI=1S/C32H39NO4/c1-30(2,3)37-29(35)33-20-22-7-5-21(6-8-22)13-17-32(36)18-15-28-27-11-9-23-19-24(34)10-12-25(23)26(27)14-16-31(28,32)4/h5-8,10,12,19,26-28,34,36H,9,11,14-16,18,20H2,1-4H3,(H,33,35)/t26-,27-,28+,31+,32+/m1/s1. The lowest BCUT2D eigenvalue weighted by Crippen LogP contribution is -2.50. The predicted molar refractivity (Wildman–Crippen MR) is 144 cm³/mol. The van der Waals surface area contributed by atoms with Crippen LogP contribution < -0.4 is 5.32 Å². The zero-order chi connectivity index (χ0) is 26.4. The maximum absolute atomic E-state index is 11.9. The van der Waals surface area contributed by atoms with E-state index in [0.29, 0.717) is 36.5 Å². The van der Waals surface area contributed by atoms with E-state index in [-0.39, 0.29) is 5.41 Å². The monoisotopic (exact) mass is 501 g/mol. The van der Waals surface area contributed by atoms with Crippen LogP contribution in [0.3, 0.4) is 0 Å². The average Bonchev–Trinajstić information content (AvgIpc) is 3.11. The minimum absolute atomic E-state index is 0.215. The fourth-order valence-electron chi connectivity index (χ4n) is 7.16. The third-order valence-electron chi connectivity index (χ3n) is 9.06. The van der Waals surface area contributed by atoms with Gasteiger partial charge in [-0.25, -0.2) is 4.79 Å². The van der Waals surface area contributed by atoms with Crippen LogP contribution in [-0.4, -0.2) is 27.5 Å². The topological polar surface area (TPSA) is 78.8 Å². The maximum Gasteiger partial charge on any atom is 0.407 e. The largest absolute Gasteiger partial charge is 0.508 e. The summed E-state index contributed by atoms with van der Waals surface area (Å²) in [6, 6.07) is 13.7. The number of rotatable bonds is 2. The molecule has 0 aliphatic heterocycles. The number of phenols is 1. The molecule has 5 nitrogen and oxygen atoms in total. The first kappa shape index (κ1) is 25.7. The first-order valence-electron chi connectivity index (χ1n) is 13.6. The van der Waals surface area contributed by atoms with Gasteiger partial charge < -0.3 is 20.3 Å². The van der Waals surface area contributed by atoms with E-state index >= 15 is 0 Å². The molecule has 0 bridgehead atoms. The van der Waals surface area contributed by atoms with Crippen LogP contribution in [0.25, 0.3) is 0 Å². The number of fused-ring (bicyclic) bond motifs is 5. The van der Waals surface area contributed by atoms with E-state index in [1.54, 1.807) is 0 Å². The van der Waals surface area contributed by atoms with E-state index < -0.39 is 17.3 Å². The number of hydrogen-bond acceptors (Lipinski definition) is 4. The van der Waals surface area contributed by atoms with Crippen LogP contribution in [0.2, 0.25) is 0 Å². The van der Waals surface area contributed by atoms with Crippen LogP contribution in [-0.2, 0) is 17.7 Å². The fraction of sp³-hybridized carbons (Fsp3) is 0.531. The highest BCUT2D eigenvalue weighted by Gasteiger charge is 2.61. The van der Waals surface area contributed by atoms with Gasteiger partial charge in [-0.3, -0.25) is 0 Å². The second-order valence-corrected chi connectivity index (χ2v) is 12.5. The molecule has 2 fully saturated rings. The number of carbonyl (C=O) groups is 1. The maximum atomic E-state index is 11.9. The van der Waals surface area contributed by atoms with Crippen molar-refractivity contribution < 1.29 is 19.7 Å². The number of alkyl carbamates (subject to hydrolysis) is 1. The van der Waals surface area contributed by atoms with Crippen molar-refractivity contribution in [3.8, 4) is 17.6 Å². The van der Waals surface area contributed by atoms with Crippen molar-refractivity contribution in [1.82, 2.24) is 5.32 Å². The molecule has 2 saturated carbocycles. The van der Waals surface area contributed by atoms with Gasteiger partial charge in [0.25, 0.3) is 0 Å². The van der Waals surface area contributed by atoms with Gasteiger partial charge in [-0.15, -0.1) is 0 Å². The minimum atomic E-state index is -0.991. The molecule has 0 aromatic heterocycles. The van der Waals surface area contributed by atoms with Gasteiger partial charge in [0.2, 0.25) is 0 Å². The Labute approximate surface area is 220 Å². The molecule has 3 N–H and O–H groups in total. The third kappa shape index (κ3) is 4.97. The summed E-state index contributed by atoms with van der Waals surface area (Å²) in [7, 11) is 0. The summed E-state index contributed by atoms with van der Waals surface area (Å²) in [4.78, 5) is 11.9. The summed E-state index contributed by atoms with van der Waals surface area (Å²) in [5, 5.41) is 24.6. The molecular weight excluding hydrogens is 462 g/mol. The van der Waals surface area contributed by atoms with Crippen LogP contribution in [0.15, 0.2) is 42.5 Å². The Morgan fingerprint density at radius 3 is 2.59 bits per heavy atom.